The lowest BCUT2D eigenvalue weighted by Crippen LogP contribution is -2.48. The van der Waals surface area contributed by atoms with Crippen molar-refractivity contribution in [1.82, 2.24) is 10.2 Å². The Morgan fingerprint density at radius 2 is 1.90 bits per heavy atom. The highest BCUT2D eigenvalue weighted by Crippen LogP contribution is 2.16. The first-order valence-corrected chi connectivity index (χ1v) is 7.61. The molecule has 0 aliphatic carbocycles. The number of nitrogens with one attached hydrogen (secondary N) is 1. The number of rotatable bonds is 4. The summed E-state index contributed by atoms with van der Waals surface area (Å²) in [7, 11) is 0. The van der Waals surface area contributed by atoms with E-state index in [1.165, 1.54) is 0 Å². The van der Waals surface area contributed by atoms with Crippen LogP contribution in [0.4, 0.5) is 0 Å². The minimum Gasteiger partial charge on any atom is -0.344 e. The van der Waals surface area contributed by atoms with Gasteiger partial charge in [-0.25, -0.2) is 0 Å². The topological polar surface area (TPSA) is 49.4 Å². The first-order valence-electron chi connectivity index (χ1n) is 7.61. The number of hydrogen-bond donors (Lipinski definition) is 1. The van der Waals surface area contributed by atoms with Crippen LogP contribution in [-0.4, -0.2) is 35.3 Å². The zero-order valence-corrected chi connectivity index (χ0v) is 13.0. The van der Waals surface area contributed by atoms with Crippen LogP contribution in [0.1, 0.15) is 32.8 Å². The van der Waals surface area contributed by atoms with Crippen molar-refractivity contribution in [3.8, 4) is 0 Å². The van der Waals surface area contributed by atoms with Gasteiger partial charge in [-0.2, -0.15) is 0 Å². The largest absolute Gasteiger partial charge is 0.344 e. The lowest BCUT2D eigenvalue weighted by molar-refractivity contribution is -0.135. The van der Waals surface area contributed by atoms with Gasteiger partial charge in [-0.05, 0) is 18.4 Å². The van der Waals surface area contributed by atoms with Crippen molar-refractivity contribution in [2.75, 3.05) is 6.54 Å². The summed E-state index contributed by atoms with van der Waals surface area (Å²) in [6.45, 7) is 6.82. The molecule has 0 radical (unpaired) electrons. The molecule has 1 saturated heterocycles. The smallest absolute Gasteiger partial charge is 0.245 e. The van der Waals surface area contributed by atoms with Crippen molar-refractivity contribution < 1.29 is 9.59 Å². The van der Waals surface area contributed by atoms with Crippen LogP contribution in [0.25, 0.3) is 0 Å². The van der Waals surface area contributed by atoms with Crippen LogP contribution in [0.5, 0.6) is 0 Å². The molecule has 4 heteroatoms. The second kappa shape index (κ2) is 6.74. The lowest BCUT2D eigenvalue weighted by Gasteiger charge is -2.30. The van der Waals surface area contributed by atoms with E-state index in [1.54, 1.807) is 0 Å². The molecule has 1 heterocycles. The maximum atomic E-state index is 12.8. The van der Waals surface area contributed by atoms with Gasteiger partial charge in [0.25, 0.3) is 0 Å². The fraction of sp³-hybridized carbons (Fsp3) is 0.529. The summed E-state index contributed by atoms with van der Waals surface area (Å²) < 4.78 is 0. The van der Waals surface area contributed by atoms with E-state index in [0.29, 0.717) is 25.3 Å². The third-order valence-electron chi connectivity index (χ3n) is 3.77. The van der Waals surface area contributed by atoms with Gasteiger partial charge < -0.3 is 10.2 Å². The average Bonchev–Trinajstić information content (AvgIpc) is 2.52. The zero-order valence-electron chi connectivity index (χ0n) is 13.0. The second-order valence-electron chi connectivity index (χ2n) is 6.25. The Balaban J connectivity index is 2.18. The van der Waals surface area contributed by atoms with Crippen molar-refractivity contribution in [3.63, 3.8) is 0 Å². The first kappa shape index (κ1) is 15.5. The SMILES string of the molecule is CC(C)CN1C(=O)C(Cc2ccccc2)NC(=O)CC1C. The zero-order chi connectivity index (χ0) is 15.4. The molecule has 1 aliphatic rings. The monoisotopic (exact) mass is 288 g/mol. The van der Waals surface area contributed by atoms with Gasteiger partial charge in [0.2, 0.25) is 11.8 Å². The molecule has 2 unspecified atom stereocenters. The molecule has 2 amide bonds. The maximum Gasteiger partial charge on any atom is 0.245 e. The number of carbonyl (C=O) groups excluding carboxylic acids is 2. The predicted molar refractivity (Wildman–Crippen MR) is 82.7 cm³/mol. The molecule has 114 valence electrons. The molecule has 2 atom stereocenters. The van der Waals surface area contributed by atoms with Crippen molar-refractivity contribution in [2.45, 2.75) is 45.7 Å². The van der Waals surface area contributed by atoms with Crippen molar-refractivity contribution in [1.29, 1.82) is 0 Å². The van der Waals surface area contributed by atoms with Crippen molar-refractivity contribution in [2.24, 2.45) is 5.92 Å². The number of nitrogens with zero attached hydrogens (tertiary/aromatic N) is 1. The van der Waals surface area contributed by atoms with E-state index in [0.717, 1.165) is 5.56 Å². The van der Waals surface area contributed by atoms with E-state index in [9.17, 15) is 9.59 Å². The maximum absolute atomic E-state index is 12.8. The molecule has 1 aliphatic heterocycles. The van der Waals surface area contributed by atoms with Crippen LogP contribution in [0.3, 0.4) is 0 Å². The van der Waals surface area contributed by atoms with Crippen LogP contribution in [0, 0.1) is 5.92 Å². The van der Waals surface area contributed by atoms with E-state index < -0.39 is 6.04 Å². The van der Waals surface area contributed by atoms with Gasteiger partial charge in [-0.1, -0.05) is 44.2 Å². The molecule has 0 bridgehead atoms. The third-order valence-corrected chi connectivity index (χ3v) is 3.77. The number of amides is 2. The fourth-order valence-electron chi connectivity index (χ4n) is 2.76. The Hall–Kier alpha value is -1.84. The van der Waals surface area contributed by atoms with Gasteiger partial charge in [0.05, 0.1) is 0 Å². The Bertz CT molecular complexity index is 499. The van der Waals surface area contributed by atoms with Crippen LogP contribution in [0.2, 0.25) is 0 Å². The van der Waals surface area contributed by atoms with Gasteiger partial charge in [-0.15, -0.1) is 0 Å². The molecular formula is C17H24N2O2. The van der Waals surface area contributed by atoms with E-state index in [2.05, 4.69) is 19.2 Å². The molecule has 21 heavy (non-hydrogen) atoms. The highest BCUT2D eigenvalue weighted by molar-refractivity contribution is 5.90. The fourth-order valence-corrected chi connectivity index (χ4v) is 2.76. The molecule has 1 aromatic carbocycles. The molecular weight excluding hydrogens is 264 g/mol. The lowest BCUT2D eigenvalue weighted by atomic mass is 10.0. The molecule has 0 spiro atoms. The summed E-state index contributed by atoms with van der Waals surface area (Å²) >= 11 is 0. The summed E-state index contributed by atoms with van der Waals surface area (Å²) in [6, 6.07) is 9.33. The van der Waals surface area contributed by atoms with Crippen molar-refractivity contribution >= 4 is 11.8 Å². The molecule has 1 fully saturated rings. The van der Waals surface area contributed by atoms with Gasteiger partial charge in [0, 0.05) is 25.4 Å². The minimum atomic E-state index is -0.455. The van der Waals surface area contributed by atoms with Crippen LogP contribution < -0.4 is 5.32 Å². The highest BCUT2D eigenvalue weighted by atomic mass is 16.2. The van der Waals surface area contributed by atoms with E-state index >= 15 is 0 Å². The standard InChI is InChI=1S/C17H24N2O2/c1-12(2)11-19-13(3)9-16(20)18-15(17(19)21)10-14-7-5-4-6-8-14/h4-8,12-13,15H,9-11H2,1-3H3,(H,18,20). The summed E-state index contributed by atoms with van der Waals surface area (Å²) in [5.74, 6) is 0.385. The van der Waals surface area contributed by atoms with E-state index in [-0.39, 0.29) is 17.9 Å². The molecule has 0 aromatic heterocycles. The summed E-state index contributed by atoms with van der Waals surface area (Å²) in [4.78, 5) is 26.6. The first-order chi connectivity index (χ1) is 9.97. The quantitative estimate of drug-likeness (QED) is 0.921. The summed E-state index contributed by atoms with van der Waals surface area (Å²) in [6.07, 6.45) is 0.927. The minimum absolute atomic E-state index is 0.0332. The van der Waals surface area contributed by atoms with Crippen LogP contribution in [0.15, 0.2) is 30.3 Å². The molecule has 2 rings (SSSR count). The molecule has 1 N–H and O–H groups in total. The third kappa shape index (κ3) is 4.06. The number of carbonyl (C=O) groups is 2. The van der Waals surface area contributed by atoms with Crippen LogP contribution >= 0.6 is 0 Å². The van der Waals surface area contributed by atoms with Gasteiger partial charge >= 0.3 is 0 Å². The summed E-state index contributed by atoms with van der Waals surface area (Å²) in [5.41, 5.74) is 1.07. The van der Waals surface area contributed by atoms with Gasteiger partial charge in [0.15, 0.2) is 0 Å². The van der Waals surface area contributed by atoms with Gasteiger partial charge in [-0.3, -0.25) is 9.59 Å². The number of hydrogen-bond acceptors (Lipinski definition) is 2. The van der Waals surface area contributed by atoms with Gasteiger partial charge in [0.1, 0.15) is 6.04 Å². The Labute approximate surface area is 126 Å². The Kier molecular flexibility index (Phi) is 4.99. The van der Waals surface area contributed by atoms with E-state index in [4.69, 9.17) is 0 Å². The average molecular weight is 288 g/mol. The normalized spacial score (nSPS) is 23.1. The Morgan fingerprint density at radius 1 is 1.24 bits per heavy atom. The van der Waals surface area contributed by atoms with Crippen LogP contribution in [-0.2, 0) is 16.0 Å². The molecule has 1 aromatic rings. The highest BCUT2D eigenvalue weighted by Gasteiger charge is 2.33. The predicted octanol–water partition coefficient (Wildman–Crippen LogP) is 1.99. The molecule has 0 saturated carbocycles. The summed E-state index contributed by atoms with van der Waals surface area (Å²) in [5, 5.41) is 2.88. The molecule has 4 nitrogen and oxygen atoms in total. The van der Waals surface area contributed by atoms with E-state index in [1.807, 2.05) is 42.2 Å². The number of benzene rings is 1. The Morgan fingerprint density at radius 3 is 2.52 bits per heavy atom. The second-order valence-corrected chi connectivity index (χ2v) is 6.25. The van der Waals surface area contributed by atoms with Crippen molar-refractivity contribution in [3.05, 3.63) is 35.9 Å².